The number of rotatable bonds is 3. The van der Waals surface area contributed by atoms with Gasteiger partial charge in [-0.15, -0.1) is 12.4 Å². The van der Waals surface area contributed by atoms with E-state index in [0.717, 1.165) is 42.9 Å². The lowest BCUT2D eigenvalue weighted by molar-refractivity contribution is -0.137. The third kappa shape index (κ3) is 3.31. The average Bonchev–Trinajstić information content (AvgIpc) is 2.94. The maximum absolute atomic E-state index is 12.7. The molecule has 1 aromatic carbocycles. The number of halogens is 1. The van der Waals surface area contributed by atoms with Crippen molar-refractivity contribution in [3.8, 4) is 11.5 Å². The Bertz CT molecular complexity index is 544. The van der Waals surface area contributed by atoms with Gasteiger partial charge in [-0.3, -0.25) is 4.79 Å². The van der Waals surface area contributed by atoms with Gasteiger partial charge >= 0.3 is 0 Å². The molecule has 122 valence electrons. The van der Waals surface area contributed by atoms with Crippen LogP contribution in [0.15, 0.2) is 18.2 Å². The molecule has 1 fully saturated rings. The number of hydrogen-bond acceptors (Lipinski definition) is 4. The van der Waals surface area contributed by atoms with Gasteiger partial charge in [-0.05, 0) is 50.4 Å². The molecule has 6 heteroatoms. The molecule has 2 aliphatic heterocycles. The number of fused-ring (bicyclic) bond motifs is 1. The third-order valence-electron chi connectivity index (χ3n) is 4.29. The van der Waals surface area contributed by atoms with E-state index >= 15 is 0 Å². The lowest BCUT2D eigenvalue weighted by Crippen LogP contribution is -2.57. The lowest BCUT2D eigenvalue weighted by atomic mass is 9.89. The van der Waals surface area contributed by atoms with E-state index in [4.69, 9.17) is 9.47 Å². The molecule has 1 unspecified atom stereocenters. The molecule has 22 heavy (non-hydrogen) atoms. The number of amides is 1. The minimum absolute atomic E-state index is 0. The molecule has 1 amide bonds. The van der Waals surface area contributed by atoms with E-state index in [1.165, 1.54) is 0 Å². The lowest BCUT2D eigenvalue weighted by Gasteiger charge is -2.36. The second kappa shape index (κ2) is 6.75. The van der Waals surface area contributed by atoms with E-state index in [1.807, 2.05) is 32.2 Å². The highest BCUT2D eigenvalue weighted by Crippen LogP contribution is 2.33. The number of hydrogen-bond donors (Lipinski definition) is 1. The fourth-order valence-electron chi connectivity index (χ4n) is 3.04. The molecule has 0 aromatic heterocycles. The molecule has 1 atom stereocenters. The molecule has 2 aliphatic rings. The Morgan fingerprint density at radius 3 is 2.82 bits per heavy atom. The normalized spacial score (nSPS) is 22.8. The summed E-state index contributed by atoms with van der Waals surface area (Å²) >= 11 is 0. The fraction of sp³-hybridized carbons (Fsp3) is 0.562. The summed E-state index contributed by atoms with van der Waals surface area (Å²) in [5, 5.41) is 3.37. The van der Waals surface area contributed by atoms with E-state index in [1.54, 1.807) is 4.90 Å². The summed E-state index contributed by atoms with van der Waals surface area (Å²) in [4.78, 5) is 14.5. The van der Waals surface area contributed by atoms with E-state index in [0.29, 0.717) is 6.54 Å². The summed E-state index contributed by atoms with van der Waals surface area (Å²) in [5.41, 5.74) is 0.623. The van der Waals surface area contributed by atoms with Gasteiger partial charge in [-0.2, -0.15) is 0 Å². The molecule has 2 heterocycles. The van der Waals surface area contributed by atoms with E-state index in [9.17, 15) is 4.79 Å². The number of benzene rings is 1. The van der Waals surface area contributed by atoms with Crippen molar-refractivity contribution < 1.29 is 14.3 Å². The SMILES string of the molecule is CN(Cc1ccc2c(c1)OCO2)C(=O)C1(C)CCCCN1.Cl. The number of nitrogens with one attached hydrogen (secondary N) is 1. The quantitative estimate of drug-likeness (QED) is 0.926. The zero-order chi connectivity index (χ0) is 14.9. The molecule has 0 saturated carbocycles. The van der Waals surface area contributed by atoms with E-state index in [-0.39, 0.29) is 25.1 Å². The topological polar surface area (TPSA) is 50.8 Å². The largest absolute Gasteiger partial charge is 0.454 e. The Kier molecular flexibility index (Phi) is 5.19. The van der Waals surface area contributed by atoms with Gasteiger partial charge in [0.2, 0.25) is 12.7 Å². The maximum Gasteiger partial charge on any atom is 0.242 e. The smallest absolute Gasteiger partial charge is 0.242 e. The number of carbonyl (C=O) groups is 1. The van der Waals surface area contributed by atoms with E-state index < -0.39 is 5.54 Å². The first-order chi connectivity index (χ1) is 10.1. The highest BCUT2D eigenvalue weighted by Gasteiger charge is 2.36. The highest BCUT2D eigenvalue weighted by molar-refractivity contribution is 5.86. The van der Waals surface area contributed by atoms with Crippen LogP contribution in [0.4, 0.5) is 0 Å². The molecule has 0 aliphatic carbocycles. The van der Waals surface area contributed by atoms with Crippen LogP contribution in [0.1, 0.15) is 31.7 Å². The zero-order valence-electron chi connectivity index (χ0n) is 13.1. The second-order valence-corrected chi connectivity index (χ2v) is 6.06. The number of carbonyl (C=O) groups excluding carboxylic acids is 1. The Labute approximate surface area is 137 Å². The monoisotopic (exact) mass is 326 g/mol. The standard InChI is InChI=1S/C16H22N2O3.ClH/c1-16(7-3-4-8-17-16)15(19)18(2)10-12-5-6-13-14(9-12)21-11-20-13;/h5-6,9,17H,3-4,7-8,10-11H2,1-2H3;1H. The molecule has 1 aromatic rings. The van der Waals surface area contributed by atoms with Crippen LogP contribution in [-0.2, 0) is 11.3 Å². The van der Waals surface area contributed by atoms with Crippen LogP contribution in [0.2, 0.25) is 0 Å². The van der Waals surface area contributed by atoms with Gasteiger partial charge in [-0.25, -0.2) is 0 Å². The fourth-order valence-corrected chi connectivity index (χ4v) is 3.04. The Morgan fingerprint density at radius 2 is 2.09 bits per heavy atom. The van der Waals surface area contributed by atoms with Crippen LogP contribution < -0.4 is 14.8 Å². The van der Waals surface area contributed by atoms with Crippen LogP contribution in [0.3, 0.4) is 0 Å². The second-order valence-electron chi connectivity index (χ2n) is 6.06. The molecular formula is C16H23ClN2O3. The first kappa shape index (κ1) is 16.9. The van der Waals surface area contributed by atoms with Gasteiger partial charge < -0.3 is 19.7 Å². The van der Waals surface area contributed by atoms with Crippen molar-refractivity contribution >= 4 is 18.3 Å². The summed E-state index contributed by atoms with van der Waals surface area (Å²) in [7, 11) is 1.86. The molecule has 3 rings (SSSR count). The molecule has 0 bridgehead atoms. The van der Waals surface area contributed by atoms with Crippen molar-refractivity contribution in [2.45, 2.75) is 38.3 Å². The number of nitrogens with zero attached hydrogens (tertiary/aromatic N) is 1. The predicted molar refractivity (Wildman–Crippen MR) is 86.5 cm³/mol. The summed E-state index contributed by atoms with van der Waals surface area (Å²) in [6, 6.07) is 5.83. The van der Waals surface area contributed by atoms with Gasteiger partial charge in [-0.1, -0.05) is 6.07 Å². The summed E-state index contributed by atoms with van der Waals surface area (Å²) in [6.07, 6.45) is 3.15. The summed E-state index contributed by atoms with van der Waals surface area (Å²) in [5.74, 6) is 1.68. The number of piperidine rings is 1. The van der Waals surface area contributed by atoms with Gasteiger partial charge in [0.15, 0.2) is 11.5 Å². The average molecular weight is 327 g/mol. The Morgan fingerprint density at radius 1 is 1.32 bits per heavy atom. The van der Waals surface area contributed by atoms with Crippen molar-refractivity contribution in [3.05, 3.63) is 23.8 Å². The third-order valence-corrected chi connectivity index (χ3v) is 4.29. The van der Waals surface area contributed by atoms with Gasteiger partial charge in [0.05, 0.1) is 5.54 Å². The molecule has 0 spiro atoms. The maximum atomic E-state index is 12.7. The van der Waals surface area contributed by atoms with Gasteiger partial charge in [0, 0.05) is 13.6 Å². The first-order valence-electron chi connectivity index (χ1n) is 7.48. The number of ether oxygens (including phenoxy) is 2. The van der Waals surface area contributed by atoms with Crippen LogP contribution in [-0.4, -0.2) is 36.7 Å². The summed E-state index contributed by atoms with van der Waals surface area (Å²) in [6.45, 7) is 3.77. The molecular weight excluding hydrogens is 304 g/mol. The number of likely N-dealkylation sites (N-methyl/N-ethyl adjacent to an activating group) is 1. The minimum atomic E-state index is -0.427. The van der Waals surface area contributed by atoms with Crippen molar-refractivity contribution in [2.75, 3.05) is 20.4 Å². The van der Waals surface area contributed by atoms with Crippen LogP contribution in [0.5, 0.6) is 11.5 Å². The predicted octanol–water partition coefficient (Wildman–Crippen LogP) is 2.33. The van der Waals surface area contributed by atoms with Crippen molar-refractivity contribution in [2.24, 2.45) is 0 Å². The molecule has 5 nitrogen and oxygen atoms in total. The molecule has 0 radical (unpaired) electrons. The van der Waals surface area contributed by atoms with E-state index in [2.05, 4.69) is 5.32 Å². The highest BCUT2D eigenvalue weighted by atomic mass is 35.5. The van der Waals surface area contributed by atoms with Crippen LogP contribution >= 0.6 is 12.4 Å². The van der Waals surface area contributed by atoms with Crippen LogP contribution in [0.25, 0.3) is 0 Å². The van der Waals surface area contributed by atoms with Crippen molar-refractivity contribution in [1.29, 1.82) is 0 Å². The zero-order valence-corrected chi connectivity index (χ0v) is 13.9. The van der Waals surface area contributed by atoms with Gasteiger partial charge in [0.25, 0.3) is 0 Å². The molecule has 1 N–H and O–H groups in total. The Balaban J connectivity index is 0.00000176. The van der Waals surface area contributed by atoms with Crippen molar-refractivity contribution in [1.82, 2.24) is 10.2 Å². The first-order valence-corrected chi connectivity index (χ1v) is 7.48. The summed E-state index contributed by atoms with van der Waals surface area (Å²) < 4.78 is 10.7. The molecule has 1 saturated heterocycles. The Hall–Kier alpha value is -1.46. The van der Waals surface area contributed by atoms with Crippen LogP contribution in [0, 0.1) is 0 Å². The minimum Gasteiger partial charge on any atom is -0.454 e. The van der Waals surface area contributed by atoms with Gasteiger partial charge in [0.1, 0.15) is 0 Å². The van der Waals surface area contributed by atoms with Crippen molar-refractivity contribution in [3.63, 3.8) is 0 Å².